The molecule has 4 N–H and O–H groups in total. The van der Waals surface area contributed by atoms with Crippen molar-refractivity contribution in [1.29, 1.82) is 0 Å². The number of carbonyl (C=O) groups excluding carboxylic acids is 5. The Kier molecular flexibility index (Phi) is 29.6. The van der Waals surface area contributed by atoms with Crippen LogP contribution in [0.1, 0.15) is 38.5 Å². The summed E-state index contributed by atoms with van der Waals surface area (Å²) in [6, 6.07) is -1.04. The van der Waals surface area contributed by atoms with Crippen molar-refractivity contribution in [2.24, 2.45) is 0 Å². The van der Waals surface area contributed by atoms with E-state index in [9.17, 15) is 28.8 Å². The fourth-order valence-corrected chi connectivity index (χ4v) is 4.35. The topological polar surface area (TPSA) is 236 Å². The Morgan fingerprint density at radius 3 is 1.55 bits per heavy atom. The molecule has 0 fully saturated rings. The molecule has 53 heavy (non-hydrogen) atoms. The second-order valence-electron chi connectivity index (χ2n) is 11.3. The Morgan fingerprint density at radius 2 is 1.08 bits per heavy atom. The van der Waals surface area contributed by atoms with Crippen LogP contribution in [-0.2, 0) is 66.7 Å². The minimum atomic E-state index is -1.04. The third-order valence-corrected chi connectivity index (χ3v) is 7.10. The monoisotopic (exact) mass is 762 g/mol. The van der Waals surface area contributed by atoms with Crippen molar-refractivity contribution in [2.45, 2.75) is 44.6 Å². The zero-order chi connectivity index (χ0) is 38.8. The van der Waals surface area contributed by atoms with Crippen molar-refractivity contribution in [3.05, 3.63) is 12.2 Å². The van der Waals surface area contributed by atoms with Gasteiger partial charge in [0.2, 0.25) is 17.7 Å². The maximum atomic E-state index is 12.7. The summed E-state index contributed by atoms with van der Waals surface area (Å²) in [5.74, 6) is -3.30. The number of aliphatic carboxylic acids is 1. The first kappa shape index (κ1) is 47.5. The zero-order valence-corrected chi connectivity index (χ0v) is 30.8. The highest BCUT2D eigenvalue weighted by atomic mass is 16.6. The summed E-state index contributed by atoms with van der Waals surface area (Å²) in [6.45, 7) is 6.99. The number of nitrogens with one attached hydrogen (secondary N) is 3. The molecule has 0 spiro atoms. The second kappa shape index (κ2) is 33.0. The average Bonchev–Trinajstić information content (AvgIpc) is 3.45. The average molecular weight is 763 g/mol. The number of carboxylic acid groups (broad SMARTS) is 1. The lowest BCUT2D eigenvalue weighted by Gasteiger charge is -2.19. The van der Waals surface area contributed by atoms with Gasteiger partial charge in [-0.25, -0.2) is 0 Å². The summed E-state index contributed by atoms with van der Waals surface area (Å²) in [5, 5.41) is 16.7. The molecule has 0 saturated carbocycles. The van der Waals surface area contributed by atoms with Crippen LogP contribution in [0.3, 0.4) is 0 Å². The Hall–Kier alpha value is -3.56. The predicted octanol–water partition coefficient (Wildman–Crippen LogP) is -1.18. The largest absolute Gasteiger partial charge is 0.481 e. The van der Waals surface area contributed by atoms with Crippen molar-refractivity contribution in [1.82, 2.24) is 20.9 Å². The van der Waals surface area contributed by atoms with Crippen LogP contribution in [0.2, 0.25) is 0 Å². The molecule has 1 aliphatic rings. The highest BCUT2D eigenvalue weighted by molar-refractivity contribution is 6.12. The van der Waals surface area contributed by atoms with Gasteiger partial charge in [0.25, 0.3) is 11.8 Å². The molecular formula is C34H58N4O15. The highest BCUT2D eigenvalue weighted by Gasteiger charge is 2.24. The number of hydrogen-bond donors (Lipinski definition) is 4. The van der Waals surface area contributed by atoms with E-state index in [1.165, 1.54) is 0 Å². The zero-order valence-electron chi connectivity index (χ0n) is 30.8. The highest BCUT2D eigenvalue weighted by Crippen LogP contribution is 2.06. The molecule has 304 valence electrons. The van der Waals surface area contributed by atoms with E-state index in [4.69, 9.17) is 43.0 Å². The number of rotatable bonds is 37. The number of hydrogen-bond acceptors (Lipinski definition) is 14. The number of carboxylic acids is 1. The van der Waals surface area contributed by atoms with Gasteiger partial charge in [0.1, 0.15) is 6.04 Å². The molecule has 1 rings (SSSR count). The van der Waals surface area contributed by atoms with Gasteiger partial charge in [0.15, 0.2) is 0 Å². The molecule has 1 unspecified atom stereocenters. The number of nitrogens with zero attached hydrogens (tertiary/aromatic N) is 1. The molecule has 0 aromatic rings. The summed E-state index contributed by atoms with van der Waals surface area (Å²) >= 11 is 0. The lowest BCUT2D eigenvalue weighted by Crippen LogP contribution is -2.47. The van der Waals surface area contributed by atoms with Gasteiger partial charge in [-0.1, -0.05) is 0 Å². The normalized spacial score (nSPS) is 13.0. The summed E-state index contributed by atoms with van der Waals surface area (Å²) in [5.41, 5.74) is 0. The van der Waals surface area contributed by atoms with Crippen LogP contribution >= 0.6 is 0 Å². The molecule has 5 amide bonds. The standard InChI is InChI=1S/C34H58N4O15/c1-46-14-15-48-18-19-50-22-23-52-26-27-53-25-24-51-21-20-49-17-16-47-13-11-35-29(39)7-6-28(34(45)36-10-2-5-33(43)44)37-30(40)4-3-12-38-31(41)8-9-32(38)42/h8-9,28H,2-7,10-27H2,1H3,(H,35,39)(H,36,45)(H,37,40)(H,43,44). The molecule has 19 nitrogen and oxygen atoms in total. The molecule has 1 heterocycles. The maximum Gasteiger partial charge on any atom is 0.303 e. The van der Waals surface area contributed by atoms with E-state index >= 15 is 0 Å². The smallest absolute Gasteiger partial charge is 0.303 e. The Morgan fingerprint density at radius 1 is 0.604 bits per heavy atom. The molecule has 0 saturated heterocycles. The minimum absolute atomic E-state index is 0.00387. The first-order valence-electron chi connectivity index (χ1n) is 17.9. The van der Waals surface area contributed by atoms with Crippen LogP contribution in [0, 0.1) is 0 Å². The number of imide groups is 1. The van der Waals surface area contributed by atoms with E-state index in [0.717, 1.165) is 17.1 Å². The van der Waals surface area contributed by atoms with Crippen molar-refractivity contribution in [2.75, 3.05) is 126 Å². The third-order valence-electron chi connectivity index (χ3n) is 7.10. The quantitative estimate of drug-likeness (QED) is 0.0431. The van der Waals surface area contributed by atoms with Gasteiger partial charge in [-0.05, 0) is 19.3 Å². The number of amides is 5. The maximum absolute atomic E-state index is 12.7. The van der Waals surface area contributed by atoms with Gasteiger partial charge in [-0.15, -0.1) is 0 Å². The van der Waals surface area contributed by atoms with Crippen molar-refractivity contribution >= 4 is 35.5 Å². The van der Waals surface area contributed by atoms with E-state index in [0.29, 0.717) is 92.5 Å². The minimum Gasteiger partial charge on any atom is -0.481 e. The second-order valence-corrected chi connectivity index (χ2v) is 11.3. The molecule has 0 radical (unpaired) electrons. The van der Waals surface area contributed by atoms with Crippen LogP contribution in [-0.4, -0.2) is 177 Å². The fourth-order valence-electron chi connectivity index (χ4n) is 4.35. The molecular weight excluding hydrogens is 704 g/mol. The molecule has 0 bridgehead atoms. The van der Waals surface area contributed by atoms with E-state index in [1.807, 2.05) is 0 Å². The molecule has 1 atom stereocenters. The number of methoxy groups -OCH3 is 1. The first-order valence-corrected chi connectivity index (χ1v) is 17.9. The van der Waals surface area contributed by atoms with E-state index < -0.39 is 35.6 Å². The van der Waals surface area contributed by atoms with Gasteiger partial charge < -0.3 is 59.0 Å². The van der Waals surface area contributed by atoms with Gasteiger partial charge in [-0.3, -0.25) is 33.7 Å². The lowest BCUT2D eigenvalue weighted by molar-refractivity contribution is -0.138. The van der Waals surface area contributed by atoms with Gasteiger partial charge in [-0.2, -0.15) is 0 Å². The summed E-state index contributed by atoms with van der Waals surface area (Å²) in [4.78, 5) is 72.7. The van der Waals surface area contributed by atoms with Crippen LogP contribution < -0.4 is 16.0 Å². The number of carbonyl (C=O) groups is 6. The van der Waals surface area contributed by atoms with Crippen molar-refractivity contribution in [3.8, 4) is 0 Å². The van der Waals surface area contributed by atoms with Crippen molar-refractivity contribution in [3.63, 3.8) is 0 Å². The van der Waals surface area contributed by atoms with E-state index in [1.54, 1.807) is 7.11 Å². The fraction of sp³-hybridized carbons (Fsp3) is 0.765. The van der Waals surface area contributed by atoms with Crippen molar-refractivity contribution < 1.29 is 71.8 Å². The SMILES string of the molecule is COCCOCCOCCOCCOCCOCCOCCOCCNC(=O)CCC(NC(=O)CCCN1C(=O)C=CC1=O)C(=O)NCCCC(=O)O. The Balaban J connectivity index is 2.06. The molecule has 1 aliphatic heterocycles. The van der Waals surface area contributed by atoms with E-state index in [-0.39, 0.29) is 70.7 Å². The summed E-state index contributed by atoms with van der Waals surface area (Å²) in [6.07, 6.45) is 2.43. The van der Waals surface area contributed by atoms with Gasteiger partial charge in [0.05, 0.1) is 99.1 Å². The Labute approximate surface area is 310 Å². The van der Waals surface area contributed by atoms with Crippen LogP contribution in [0.5, 0.6) is 0 Å². The molecule has 0 aromatic heterocycles. The predicted molar refractivity (Wildman–Crippen MR) is 187 cm³/mol. The first-order chi connectivity index (χ1) is 25.7. The summed E-state index contributed by atoms with van der Waals surface area (Å²) in [7, 11) is 1.62. The van der Waals surface area contributed by atoms with Crippen LogP contribution in [0.25, 0.3) is 0 Å². The van der Waals surface area contributed by atoms with Gasteiger partial charge >= 0.3 is 5.97 Å². The molecule has 0 aromatic carbocycles. The van der Waals surface area contributed by atoms with Gasteiger partial charge in [0, 0.05) is 58.2 Å². The summed E-state index contributed by atoms with van der Waals surface area (Å²) < 4.78 is 42.8. The van der Waals surface area contributed by atoms with Crippen LogP contribution in [0.4, 0.5) is 0 Å². The van der Waals surface area contributed by atoms with E-state index in [2.05, 4.69) is 16.0 Å². The Bertz CT molecular complexity index is 1060. The number of ether oxygens (including phenoxy) is 8. The molecule has 19 heteroatoms. The third kappa shape index (κ3) is 27.7. The van der Waals surface area contributed by atoms with Crippen LogP contribution in [0.15, 0.2) is 12.2 Å². The lowest BCUT2D eigenvalue weighted by atomic mass is 10.1. The molecule has 0 aliphatic carbocycles.